The molecule has 0 bridgehead atoms. The summed E-state index contributed by atoms with van der Waals surface area (Å²) in [5, 5.41) is 14.1. The number of benzene rings is 4. The molecular weight excluding hydrogens is 572 g/mol. The van der Waals surface area contributed by atoms with Crippen LogP contribution in [0.15, 0.2) is 93.4 Å². The van der Waals surface area contributed by atoms with Crippen LogP contribution in [0.4, 0.5) is 5.69 Å². The number of aryl methyl sites for hydroxylation is 1. The van der Waals surface area contributed by atoms with Crippen molar-refractivity contribution in [2.45, 2.75) is 6.92 Å². The number of esters is 1. The summed E-state index contributed by atoms with van der Waals surface area (Å²) in [6, 6.07) is 25.3. The number of hydrogen-bond acceptors (Lipinski definition) is 4. The van der Waals surface area contributed by atoms with Gasteiger partial charge in [0.1, 0.15) is 17.4 Å². The third-order valence-electron chi connectivity index (χ3n) is 5.20. The molecule has 7 heteroatoms. The summed E-state index contributed by atoms with van der Waals surface area (Å²) >= 11 is 6.87. The maximum absolute atomic E-state index is 12.7. The molecule has 0 radical (unpaired) electrons. The van der Waals surface area contributed by atoms with Crippen molar-refractivity contribution in [1.29, 1.82) is 5.26 Å². The van der Waals surface area contributed by atoms with Crippen LogP contribution in [0.2, 0.25) is 0 Å². The van der Waals surface area contributed by atoms with Gasteiger partial charge in [0, 0.05) is 8.95 Å². The second-order valence-corrected chi connectivity index (χ2v) is 9.42. The van der Waals surface area contributed by atoms with E-state index in [1.165, 1.54) is 6.08 Å². The van der Waals surface area contributed by atoms with Crippen molar-refractivity contribution < 1.29 is 14.3 Å². The van der Waals surface area contributed by atoms with Gasteiger partial charge in [-0.3, -0.25) is 4.79 Å². The fourth-order valence-electron chi connectivity index (χ4n) is 3.51. The Balaban J connectivity index is 1.49. The van der Waals surface area contributed by atoms with Crippen LogP contribution in [0.3, 0.4) is 0 Å². The number of carbonyl (C=O) groups excluding carboxylic acids is 2. The standard InChI is InChI=1S/C28H18Br2N2O3/c1-17-13-24(29)26(25(30)14-17)32-27(33)20(16-31)15-18-9-11-21(12-10-18)35-28(34)23-8-4-6-19-5-2-3-7-22(19)23/h2-15H,1H3,(H,32,33)/b20-15+. The molecule has 4 aromatic carbocycles. The predicted molar refractivity (Wildman–Crippen MR) is 144 cm³/mol. The number of nitrogens with zero attached hydrogens (tertiary/aromatic N) is 1. The number of nitrogens with one attached hydrogen (secondary N) is 1. The average molecular weight is 590 g/mol. The molecule has 5 nitrogen and oxygen atoms in total. The van der Waals surface area contributed by atoms with Gasteiger partial charge in [0.25, 0.3) is 5.91 Å². The zero-order chi connectivity index (χ0) is 24.9. The molecule has 0 aliphatic heterocycles. The molecule has 1 amide bonds. The Morgan fingerprint density at radius 3 is 2.29 bits per heavy atom. The van der Waals surface area contributed by atoms with Gasteiger partial charge in [-0.1, -0.05) is 48.5 Å². The Kier molecular flexibility index (Phi) is 7.45. The smallest absolute Gasteiger partial charge is 0.344 e. The van der Waals surface area contributed by atoms with Gasteiger partial charge in [-0.05, 0) is 97.1 Å². The van der Waals surface area contributed by atoms with Crippen LogP contribution in [0.1, 0.15) is 21.5 Å². The van der Waals surface area contributed by atoms with E-state index in [9.17, 15) is 14.9 Å². The van der Waals surface area contributed by atoms with E-state index < -0.39 is 11.9 Å². The first kappa shape index (κ1) is 24.4. The van der Waals surface area contributed by atoms with Crippen LogP contribution >= 0.6 is 31.9 Å². The van der Waals surface area contributed by atoms with Gasteiger partial charge in [0.15, 0.2) is 0 Å². The van der Waals surface area contributed by atoms with E-state index in [1.54, 1.807) is 30.3 Å². The van der Waals surface area contributed by atoms with Gasteiger partial charge >= 0.3 is 5.97 Å². The summed E-state index contributed by atoms with van der Waals surface area (Å²) in [6.07, 6.45) is 1.47. The minimum atomic E-state index is -0.538. The van der Waals surface area contributed by atoms with Crippen LogP contribution in [-0.2, 0) is 4.79 Å². The molecule has 0 fully saturated rings. The summed E-state index contributed by atoms with van der Waals surface area (Å²) in [6.45, 7) is 1.94. The van der Waals surface area contributed by atoms with Crippen molar-refractivity contribution in [2.75, 3.05) is 5.32 Å². The van der Waals surface area contributed by atoms with E-state index in [1.807, 2.05) is 61.5 Å². The molecule has 35 heavy (non-hydrogen) atoms. The largest absolute Gasteiger partial charge is 0.423 e. The Labute approximate surface area is 219 Å². The van der Waals surface area contributed by atoms with Gasteiger partial charge in [0.2, 0.25) is 0 Å². The highest BCUT2D eigenvalue weighted by Gasteiger charge is 2.15. The molecule has 0 unspecified atom stereocenters. The normalized spacial score (nSPS) is 11.1. The minimum absolute atomic E-state index is 0.0649. The molecule has 1 N–H and O–H groups in total. The van der Waals surface area contributed by atoms with Crippen molar-refractivity contribution in [2.24, 2.45) is 0 Å². The summed E-state index contributed by atoms with van der Waals surface area (Å²) in [7, 11) is 0. The molecule has 4 aromatic rings. The zero-order valence-electron chi connectivity index (χ0n) is 18.5. The quantitative estimate of drug-likeness (QED) is 0.114. The van der Waals surface area contributed by atoms with Crippen molar-refractivity contribution >= 4 is 66.3 Å². The molecule has 0 aliphatic carbocycles. The van der Waals surface area contributed by atoms with Crippen molar-refractivity contribution in [3.05, 3.63) is 110 Å². The average Bonchev–Trinajstić information content (AvgIpc) is 2.85. The summed E-state index contributed by atoms with van der Waals surface area (Å²) in [4.78, 5) is 25.4. The number of amides is 1. The van der Waals surface area contributed by atoms with Gasteiger partial charge in [0.05, 0.1) is 11.3 Å². The van der Waals surface area contributed by atoms with Gasteiger partial charge in [-0.15, -0.1) is 0 Å². The topological polar surface area (TPSA) is 79.2 Å². The first-order chi connectivity index (χ1) is 16.9. The Hall–Kier alpha value is -3.73. The van der Waals surface area contributed by atoms with E-state index >= 15 is 0 Å². The van der Waals surface area contributed by atoms with Crippen molar-refractivity contribution in [1.82, 2.24) is 0 Å². The lowest BCUT2D eigenvalue weighted by atomic mass is 10.0. The monoisotopic (exact) mass is 588 g/mol. The van der Waals surface area contributed by atoms with E-state index in [-0.39, 0.29) is 5.57 Å². The molecule has 0 aromatic heterocycles. The maximum atomic E-state index is 12.7. The molecule has 0 aliphatic rings. The third kappa shape index (κ3) is 5.68. The molecule has 4 rings (SSSR count). The molecule has 0 spiro atoms. The molecule has 0 saturated carbocycles. The lowest BCUT2D eigenvalue weighted by molar-refractivity contribution is -0.112. The summed E-state index contributed by atoms with van der Waals surface area (Å²) < 4.78 is 6.95. The van der Waals surface area contributed by atoms with Crippen LogP contribution < -0.4 is 10.1 Å². The van der Waals surface area contributed by atoms with Crippen molar-refractivity contribution in [3.63, 3.8) is 0 Å². The van der Waals surface area contributed by atoms with E-state index in [0.29, 0.717) is 31.5 Å². The highest BCUT2D eigenvalue weighted by Crippen LogP contribution is 2.32. The van der Waals surface area contributed by atoms with Gasteiger partial charge in [-0.25, -0.2) is 4.79 Å². The number of rotatable bonds is 5. The maximum Gasteiger partial charge on any atom is 0.344 e. The highest BCUT2D eigenvalue weighted by atomic mass is 79.9. The van der Waals surface area contributed by atoms with Gasteiger partial charge < -0.3 is 10.1 Å². The lowest BCUT2D eigenvalue weighted by Crippen LogP contribution is -2.14. The minimum Gasteiger partial charge on any atom is -0.423 e. The predicted octanol–water partition coefficient (Wildman–Crippen LogP) is 7.44. The Bertz CT molecular complexity index is 1490. The second-order valence-electron chi connectivity index (χ2n) is 7.71. The number of anilines is 1. The van der Waals surface area contributed by atoms with Gasteiger partial charge in [-0.2, -0.15) is 5.26 Å². The first-order valence-electron chi connectivity index (χ1n) is 10.5. The second kappa shape index (κ2) is 10.7. The summed E-state index contributed by atoms with van der Waals surface area (Å²) in [5.41, 5.74) is 2.58. The number of fused-ring (bicyclic) bond motifs is 1. The number of carbonyl (C=O) groups is 2. The molecule has 172 valence electrons. The van der Waals surface area contributed by atoms with Crippen LogP contribution in [0.25, 0.3) is 16.8 Å². The Morgan fingerprint density at radius 2 is 1.60 bits per heavy atom. The first-order valence-corrected chi connectivity index (χ1v) is 12.1. The van der Waals surface area contributed by atoms with Crippen LogP contribution in [0.5, 0.6) is 5.75 Å². The molecule has 0 heterocycles. The number of nitriles is 1. The van der Waals surface area contributed by atoms with E-state index in [4.69, 9.17) is 4.74 Å². The van der Waals surface area contributed by atoms with E-state index in [0.717, 1.165) is 16.3 Å². The number of ether oxygens (including phenoxy) is 1. The molecular formula is C28H18Br2N2O3. The fraction of sp³-hybridized carbons (Fsp3) is 0.0357. The highest BCUT2D eigenvalue weighted by molar-refractivity contribution is 9.11. The zero-order valence-corrected chi connectivity index (χ0v) is 21.7. The summed E-state index contributed by atoms with van der Waals surface area (Å²) in [5.74, 6) is -0.642. The number of halogens is 2. The molecule has 0 atom stereocenters. The van der Waals surface area contributed by atoms with Crippen LogP contribution in [-0.4, -0.2) is 11.9 Å². The SMILES string of the molecule is Cc1cc(Br)c(NC(=O)/C(C#N)=C/c2ccc(OC(=O)c3cccc4ccccc34)cc2)c(Br)c1. The molecule has 0 saturated heterocycles. The lowest BCUT2D eigenvalue weighted by Gasteiger charge is -2.10. The Morgan fingerprint density at radius 1 is 0.943 bits per heavy atom. The van der Waals surface area contributed by atoms with Crippen LogP contribution in [0, 0.1) is 18.3 Å². The fourth-order valence-corrected chi connectivity index (χ4v) is 5.13. The van der Waals surface area contributed by atoms with E-state index in [2.05, 4.69) is 37.2 Å². The van der Waals surface area contributed by atoms with Crippen molar-refractivity contribution in [3.8, 4) is 11.8 Å². The number of hydrogen-bond donors (Lipinski definition) is 1. The third-order valence-corrected chi connectivity index (χ3v) is 6.45.